The normalized spacial score (nSPS) is 22.1. The molecule has 6 rings (SSSR count). The van der Waals surface area contributed by atoms with Crippen LogP contribution in [0.15, 0.2) is 30.7 Å². The van der Waals surface area contributed by atoms with Gasteiger partial charge in [0, 0.05) is 53.5 Å². The summed E-state index contributed by atoms with van der Waals surface area (Å²) in [6.07, 6.45) is 10.5. The van der Waals surface area contributed by atoms with Gasteiger partial charge in [-0.1, -0.05) is 38.4 Å². The van der Waals surface area contributed by atoms with Crippen molar-refractivity contribution in [3.05, 3.63) is 35.7 Å². The van der Waals surface area contributed by atoms with Gasteiger partial charge in [0.15, 0.2) is 11.4 Å². The number of piperidine rings is 1. The average Bonchev–Trinajstić information content (AvgIpc) is 3.47. The van der Waals surface area contributed by atoms with E-state index in [2.05, 4.69) is 35.8 Å². The van der Waals surface area contributed by atoms with Crippen molar-refractivity contribution >= 4 is 45.3 Å². The first-order valence-electron chi connectivity index (χ1n) is 12.7. The number of nitrogens with zero attached hydrogens (tertiary/aromatic N) is 5. The summed E-state index contributed by atoms with van der Waals surface area (Å²) in [5.74, 6) is 1.07. The number of Topliss-reactive ketones (excluding diaryl/α,β-unsaturated/α-hetero) is 1. The Kier molecular flexibility index (Phi) is 5.57. The number of aromatic nitrogens is 5. The molecule has 0 saturated carbocycles. The van der Waals surface area contributed by atoms with Crippen molar-refractivity contribution in [1.82, 2.24) is 24.7 Å². The highest BCUT2D eigenvalue weighted by molar-refractivity contribution is 6.38. The van der Waals surface area contributed by atoms with Gasteiger partial charge in [0.25, 0.3) is 0 Å². The molecule has 0 radical (unpaired) electrons. The maximum absolute atomic E-state index is 12.5. The van der Waals surface area contributed by atoms with Gasteiger partial charge in [-0.25, -0.2) is 9.97 Å². The molecule has 5 heterocycles. The second-order valence-electron chi connectivity index (χ2n) is 11.6. The molecule has 2 aliphatic heterocycles. The minimum Gasteiger partial charge on any atom is -0.349 e. The van der Waals surface area contributed by atoms with Crippen molar-refractivity contribution in [3.63, 3.8) is 0 Å². The molecule has 4 aromatic rings. The number of rotatable bonds is 5. The number of aromatic amines is 1. The van der Waals surface area contributed by atoms with Crippen molar-refractivity contribution in [2.24, 2.45) is 11.1 Å². The number of carbonyl (C=O) groups excluding carboxylic acids is 1. The largest absolute Gasteiger partial charge is 0.349 e. The summed E-state index contributed by atoms with van der Waals surface area (Å²) in [6, 6.07) is 5.08. The van der Waals surface area contributed by atoms with E-state index in [1.54, 1.807) is 4.68 Å². The van der Waals surface area contributed by atoms with Gasteiger partial charge in [-0.3, -0.25) is 9.48 Å². The molecule has 0 aliphatic carbocycles. The van der Waals surface area contributed by atoms with E-state index in [0.717, 1.165) is 51.9 Å². The van der Waals surface area contributed by atoms with Crippen molar-refractivity contribution < 1.29 is 4.79 Å². The van der Waals surface area contributed by atoms with E-state index in [4.69, 9.17) is 27.3 Å². The summed E-state index contributed by atoms with van der Waals surface area (Å²) in [7, 11) is 0. The molecule has 1 unspecified atom stereocenters. The van der Waals surface area contributed by atoms with Crippen molar-refractivity contribution in [2.45, 2.75) is 77.5 Å². The molecule has 0 amide bonds. The lowest BCUT2D eigenvalue weighted by atomic mass is 9.90. The molecule has 36 heavy (non-hydrogen) atoms. The van der Waals surface area contributed by atoms with Crippen LogP contribution in [0.4, 0.5) is 5.82 Å². The lowest BCUT2D eigenvalue weighted by Crippen LogP contribution is -2.47. The van der Waals surface area contributed by atoms with Crippen LogP contribution in [0.3, 0.4) is 0 Å². The van der Waals surface area contributed by atoms with Crippen molar-refractivity contribution in [2.75, 3.05) is 4.90 Å². The second-order valence-corrected chi connectivity index (χ2v) is 12.0. The topological polar surface area (TPSA) is 106 Å². The van der Waals surface area contributed by atoms with E-state index in [0.29, 0.717) is 23.5 Å². The molecule has 1 aromatic carbocycles. The molecule has 188 valence electrons. The van der Waals surface area contributed by atoms with Crippen LogP contribution < -0.4 is 10.6 Å². The highest BCUT2D eigenvalue weighted by Crippen LogP contribution is 2.40. The number of nitrogens with one attached hydrogen (secondary N) is 1. The third-order valence-corrected chi connectivity index (χ3v) is 7.84. The Morgan fingerprint density at radius 3 is 2.67 bits per heavy atom. The van der Waals surface area contributed by atoms with E-state index in [9.17, 15) is 4.79 Å². The average molecular weight is 506 g/mol. The minimum absolute atomic E-state index is 0.0505. The van der Waals surface area contributed by atoms with Crippen LogP contribution in [0.5, 0.6) is 0 Å². The molecule has 2 bridgehead atoms. The molecule has 3 atom stereocenters. The van der Waals surface area contributed by atoms with Gasteiger partial charge in [0.05, 0.1) is 23.3 Å². The Hall–Kier alpha value is -2.97. The summed E-state index contributed by atoms with van der Waals surface area (Å²) in [5, 5.41) is 5.99. The molecule has 0 spiro atoms. The van der Waals surface area contributed by atoms with Crippen LogP contribution in [0.2, 0.25) is 5.02 Å². The lowest BCUT2D eigenvalue weighted by molar-refractivity contribution is -0.121. The molecular weight excluding hydrogens is 474 g/mol. The van der Waals surface area contributed by atoms with Gasteiger partial charge in [-0.05, 0) is 37.2 Å². The number of carbonyl (C=O) groups is 1. The predicted octanol–water partition coefficient (Wildman–Crippen LogP) is 5.09. The highest BCUT2D eigenvalue weighted by atomic mass is 35.5. The van der Waals surface area contributed by atoms with Gasteiger partial charge in [0.1, 0.15) is 11.3 Å². The Bertz CT molecular complexity index is 1450. The number of fused-ring (bicyclic) bond motifs is 4. The number of benzene rings is 1. The summed E-state index contributed by atoms with van der Waals surface area (Å²) in [4.78, 5) is 28.0. The Balaban J connectivity index is 1.30. The van der Waals surface area contributed by atoms with Gasteiger partial charge < -0.3 is 15.6 Å². The number of halogens is 1. The number of ketones is 1. The van der Waals surface area contributed by atoms with E-state index in [-0.39, 0.29) is 23.8 Å². The molecule has 2 aliphatic rings. The Morgan fingerprint density at radius 1 is 1.19 bits per heavy atom. The number of hydrogen-bond acceptors (Lipinski definition) is 6. The van der Waals surface area contributed by atoms with Crippen LogP contribution in [-0.4, -0.2) is 48.6 Å². The molecule has 9 heteroatoms. The van der Waals surface area contributed by atoms with Crippen LogP contribution in [-0.2, 0) is 11.3 Å². The summed E-state index contributed by atoms with van der Waals surface area (Å²) < 4.78 is 1.69. The Labute approximate surface area is 215 Å². The first-order chi connectivity index (χ1) is 17.2. The molecule has 3 N–H and O–H groups in total. The summed E-state index contributed by atoms with van der Waals surface area (Å²) in [5.41, 5.74) is 10.3. The SMILES string of the molecule is CC(C)(C)CC(=O)Cn1cc2c(Cl)c(-c3c[nH]c4nc(N5[C@@H]6CC[C@H]5CC(N)C6)cnc34)ccc2n1. The monoisotopic (exact) mass is 505 g/mol. The number of H-pyrrole nitrogens is 1. The molecule has 2 saturated heterocycles. The second kappa shape index (κ2) is 8.56. The smallest absolute Gasteiger partial charge is 0.159 e. The molecule has 3 aromatic heterocycles. The molecule has 2 fully saturated rings. The predicted molar refractivity (Wildman–Crippen MR) is 143 cm³/mol. The zero-order valence-corrected chi connectivity index (χ0v) is 21.7. The van der Waals surface area contributed by atoms with E-state index < -0.39 is 0 Å². The summed E-state index contributed by atoms with van der Waals surface area (Å²) >= 11 is 6.88. The van der Waals surface area contributed by atoms with E-state index in [1.807, 2.05) is 30.7 Å². The van der Waals surface area contributed by atoms with Crippen LogP contribution in [0.25, 0.3) is 33.2 Å². The van der Waals surface area contributed by atoms with E-state index >= 15 is 0 Å². The van der Waals surface area contributed by atoms with Gasteiger partial charge in [0.2, 0.25) is 0 Å². The van der Waals surface area contributed by atoms with Crippen LogP contribution >= 0.6 is 11.6 Å². The standard InChI is InChI=1S/C27H32ClN7O/c1-27(2,3)10-18(36)13-34-14-21-22(33-34)7-6-19(24(21)28)20-11-31-26-25(20)30-12-23(32-26)35-16-4-5-17(35)9-15(29)8-16/h6-7,11-12,14-17H,4-5,8-10,13,29H2,1-3H3,(H,31,32)/t15?,16-,17+. The number of nitrogens with two attached hydrogens (primary N) is 1. The number of hydrogen-bond donors (Lipinski definition) is 2. The first kappa shape index (κ1) is 23.4. The zero-order chi connectivity index (χ0) is 25.2. The van der Waals surface area contributed by atoms with Gasteiger partial charge in [-0.15, -0.1) is 0 Å². The third kappa shape index (κ3) is 4.16. The highest BCUT2D eigenvalue weighted by Gasteiger charge is 2.40. The Morgan fingerprint density at radius 2 is 1.94 bits per heavy atom. The van der Waals surface area contributed by atoms with Gasteiger partial charge >= 0.3 is 0 Å². The zero-order valence-electron chi connectivity index (χ0n) is 21.0. The fourth-order valence-electron chi connectivity index (χ4n) is 6.04. The molecule has 8 nitrogen and oxygen atoms in total. The third-order valence-electron chi connectivity index (χ3n) is 7.43. The van der Waals surface area contributed by atoms with Crippen molar-refractivity contribution in [3.8, 4) is 11.1 Å². The fraction of sp³-hybridized carbons (Fsp3) is 0.481. The lowest BCUT2D eigenvalue weighted by Gasteiger charge is -2.38. The summed E-state index contributed by atoms with van der Waals surface area (Å²) in [6.45, 7) is 6.43. The van der Waals surface area contributed by atoms with Gasteiger partial charge in [-0.2, -0.15) is 5.10 Å². The number of anilines is 1. The van der Waals surface area contributed by atoms with E-state index in [1.165, 1.54) is 12.8 Å². The molecular formula is C27H32ClN7O. The van der Waals surface area contributed by atoms with Crippen LogP contribution in [0, 0.1) is 5.41 Å². The fourth-order valence-corrected chi connectivity index (χ4v) is 6.35. The minimum atomic E-state index is -0.0505. The maximum Gasteiger partial charge on any atom is 0.159 e. The van der Waals surface area contributed by atoms with Crippen molar-refractivity contribution in [1.29, 1.82) is 0 Å². The quantitative estimate of drug-likeness (QED) is 0.391. The maximum atomic E-state index is 12.5. The van der Waals surface area contributed by atoms with Crippen LogP contribution in [0.1, 0.15) is 52.9 Å². The first-order valence-corrected chi connectivity index (χ1v) is 13.1.